The average Bonchev–Trinajstić information content (AvgIpc) is 3.43. The van der Waals surface area contributed by atoms with Crippen LogP contribution in [0.2, 0.25) is 0 Å². The number of nitrogens with two attached hydrogens (primary N) is 1. The van der Waals surface area contributed by atoms with Crippen molar-refractivity contribution in [3.05, 3.63) is 33.8 Å². The van der Waals surface area contributed by atoms with Crippen LogP contribution in [0.5, 0.6) is 0 Å². The lowest BCUT2D eigenvalue weighted by atomic mass is 9.98. The van der Waals surface area contributed by atoms with Crippen molar-refractivity contribution in [1.29, 1.82) is 0 Å². The smallest absolute Gasteiger partial charge is 0.477 e. The Morgan fingerprint density at radius 1 is 1.31 bits per heavy atom. The lowest BCUT2D eigenvalue weighted by Gasteiger charge is -2.51. The fraction of sp³-hybridized carbons (Fsp3) is 0.571. The van der Waals surface area contributed by atoms with Gasteiger partial charge >= 0.3 is 12.1 Å². The van der Waals surface area contributed by atoms with Gasteiger partial charge in [-0.05, 0) is 58.2 Å². The standard InChI is InChI=1S/C28H38N6O8S3/c1-15(41-28(39)42-16-8-6-5-7-9-16)22-17(10-12-43-13-11-33(2)3)21(26(37)38)34-24(36)20(25(34)45-22)31-23(35)19(32-40-4)18-14-44-27(29)30-18/h10,12,14-16,20,22,25H,5-9,11,13H2,1-4H3,(H2,29,30)(H,31,35)(H,37,38)/b12-10+,32-19?/t15?,20-,22?,25-/m1/s1. The maximum Gasteiger partial charge on any atom is 0.508 e. The monoisotopic (exact) mass is 682 g/mol. The van der Waals surface area contributed by atoms with Gasteiger partial charge in [0.1, 0.15) is 42.1 Å². The van der Waals surface area contributed by atoms with Gasteiger partial charge in [0.2, 0.25) is 0 Å². The van der Waals surface area contributed by atoms with Crippen molar-refractivity contribution < 1.29 is 38.6 Å². The van der Waals surface area contributed by atoms with Crippen molar-refractivity contribution in [3.8, 4) is 0 Å². The van der Waals surface area contributed by atoms with E-state index >= 15 is 0 Å². The van der Waals surface area contributed by atoms with Crippen LogP contribution >= 0.6 is 34.9 Å². The lowest BCUT2D eigenvalue weighted by molar-refractivity contribution is -0.150. The van der Waals surface area contributed by atoms with E-state index in [1.54, 1.807) is 18.4 Å². The number of anilines is 1. The summed E-state index contributed by atoms with van der Waals surface area (Å²) in [5.41, 5.74) is 5.77. The quantitative estimate of drug-likeness (QED) is 0.0908. The molecule has 2 aliphatic heterocycles. The maximum absolute atomic E-state index is 13.4. The molecule has 4 rings (SSSR count). The highest BCUT2D eigenvalue weighted by molar-refractivity contribution is 8.02. The van der Waals surface area contributed by atoms with Gasteiger partial charge in [-0.1, -0.05) is 11.6 Å². The molecule has 2 amide bonds. The second-order valence-corrected chi connectivity index (χ2v) is 14.0. The molecule has 3 aliphatic rings. The highest BCUT2D eigenvalue weighted by Crippen LogP contribution is 2.46. The molecular formula is C28H38N6O8S3. The van der Waals surface area contributed by atoms with Crippen LogP contribution in [0.4, 0.5) is 9.93 Å². The number of hydrogen-bond donors (Lipinski definition) is 3. The number of nitrogens with zero attached hydrogens (tertiary/aromatic N) is 4. The summed E-state index contributed by atoms with van der Waals surface area (Å²) in [4.78, 5) is 64.1. The summed E-state index contributed by atoms with van der Waals surface area (Å²) >= 11 is 3.81. The Morgan fingerprint density at radius 2 is 2.04 bits per heavy atom. The summed E-state index contributed by atoms with van der Waals surface area (Å²) in [6, 6.07) is -1.10. The van der Waals surface area contributed by atoms with Gasteiger partial charge in [-0.2, -0.15) is 0 Å². The van der Waals surface area contributed by atoms with Crippen molar-refractivity contribution in [2.45, 2.75) is 67.9 Å². The van der Waals surface area contributed by atoms with Gasteiger partial charge in [-0.3, -0.25) is 14.5 Å². The van der Waals surface area contributed by atoms with E-state index in [4.69, 9.17) is 20.0 Å². The SMILES string of the molecule is CON=C(C(=O)N[C@@H]1C(=O)N2C(C(=O)O)=C(/C=C/SCCN(C)C)C(C(C)OC(=O)OC3CCCCC3)S[C@H]12)c1csc(N)n1. The van der Waals surface area contributed by atoms with Gasteiger partial charge in [0.15, 0.2) is 10.8 Å². The van der Waals surface area contributed by atoms with Crippen LogP contribution in [0.3, 0.4) is 0 Å². The molecule has 14 nitrogen and oxygen atoms in total. The molecule has 1 aromatic rings. The predicted octanol–water partition coefficient (Wildman–Crippen LogP) is 2.87. The van der Waals surface area contributed by atoms with Crippen molar-refractivity contribution in [2.75, 3.05) is 39.2 Å². The molecule has 17 heteroatoms. The molecule has 1 aliphatic carbocycles. The molecule has 4 atom stereocenters. The van der Waals surface area contributed by atoms with Gasteiger partial charge in [0.05, 0.1) is 5.25 Å². The number of thioether (sulfide) groups is 2. The van der Waals surface area contributed by atoms with E-state index in [0.717, 1.165) is 60.6 Å². The Hall–Kier alpha value is -3.28. The van der Waals surface area contributed by atoms with Crippen LogP contribution in [0.25, 0.3) is 0 Å². The average molecular weight is 683 g/mol. The van der Waals surface area contributed by atoms with Crippen molar-refractivity contribution >= 4 is 69.6 Å². The Labute approximate surface area is 273 Å². The van der Waals surface area contributed by atoms with E-state index in [0.29, 0.717) is 5.57 Å². The molecule has 2 fully saturated rings. The molecule has 4 N–H and O–H groups in total. The minimum absolute atomic E-state index is 0.165. The summed E-state index contributed by atoms with van der Waals surface area (Å²) in [6.45, 7) is 2.46. The van der Waals surface area contributed by atoms with Gasteiger partial charge in [-0.15, -0.1) is 34.9 Å². The number of carboxylic acids is 1. The number of rotatable bonds is 13. The van der Waals surface area contributed by atoms with Crippen LogP contribution in [0, 0.1) is 0 Å². The van der Waals surface area contributed by atoms with E-state index in [-0.39, 0.29) is 28.3 Å². The summed E-state index contributed by atoms with van der Waals surface area (Å²) in [5, 5.41) is 18.7. The minimum atomic E-state index is -1.32. The second-order valence-electron chi connectivity index (χ2n) is 10.8. The van der Waals surface area contributed by atoms with E-state index < -0.39 is 46.7 Å². The molecule has 246 valence electrons. The molecule has 45 heavy (non-hydrogen) atoms. The van der Waals surface area contributed by atoms with Crippen LogP contribution < -0.4 is 11.1 Å². The number of nitrogens with one attached hydrogen (secondary N) is 1. The van der Waals surface area contributed by atoms with Gasteiger partial charge in [0.25, 0.3) is 11.8 Å². The molecule has 0 aromatic carbocycles. The fourth-order valence-electron chi connectivity index (χ4n) is 5.12. The van der Waals surface area contributed by atoms with E-state index in [2.05, 4.69) is 15.5 Å². The Balaban J connectivity index is 1.58. The number of amides is 2. The van der Waals surface area contributed by atoms with E-state index in [1.165, 1.54) is 36.0 Å². The fourth-order valence-corrected chi connectivity index (χ4v) is 8.11. The van der Waals surface area contributed by atoms with Crippen LogP contribution in [0.15, 0.2) is 33.3 Å². The number of aromatic nitrogens is 1. The Kier molecular flexibility index (Phi) is 12.2. The first-order valence-electron chi connectivity index (χ1n) is 14.4. The molecule has 1 aromatic heterocycles. The number of thiazole rings is 1. The molecule has 2 unspecified atom stereocenters. The van der Waals surface area contributed by atoms with Crippen molar-refractivity contribution in [1.82, 2.24) is 20.1 Å². The number of fused-ring (bicyclic) bond motifs is 1. The molecule has 0 bridgehead atoms. The number of allylic oxidation sites excluding steroid dienone is 1. The highest BCUT2D eigenvalue weighted by Gasteiger charge is 2.57. The summed E-state index contributed by atoms with van der Waals surface area (Å²) in [5.74, 6) is -1.92. The third kappa shape index (κ3) is 8.51. The second kappa shape index (κ2) is 15.8. The normalized spacial score (nSPS) is 23.0. The number of hydrogen-bond acceptors (Lipinski definition) is 14. The first-order chi connectivity index (χ1) is 21.5. The molecule has 1 saturated heterocycles. The first-order valence-corrected chi connectivity index (χ1v) is 17.3. The molecule has 0 radical (unpaired) electrons. The zero-order valence-electron chi connectivity index (χ0n) is 25.5. The van der Waals surface area contributed by atoms with Crippen LogP contribution in [0.1, 0.15) is 44.7 Å². The van der Waals surface area contributed by atoms with E-state index in [9.17, 15) is 24.3 Å². The topological polar surface area (TPSA) is 186 Å². The highest BCUT2D eigenvalue weighted by atomic mass is 32.2. The lowest BCUT2D eigenvalue weighted by Crippen LogP contribution is -2.72. The van der Waals surface area contributed by atoms with Crippen molar-refractivity contribution in [3.63, 3.8) is 0 Å². The number of ether oxygens (including phenoxy) is 2. The van der Waals surface area contributed by atoms with Gasteiger partial charge < -0.3 is 35.4 Å². The molecular weight excluding hydrogens is 645 g/mol. The number of carbonyl (C=O) groups excluding carboxylic acids is 3. The number of oxime groups is 1. The van der Waals surface area contributed by atoms with E-state index in [1.807, 2.05) is 19.0 Å². The number of aliphatic carboxylic acids is 1. The van der Waals surface area contributed by atoms with Gasteiger partial charge in [0, 0.05) is 23.3 Å². The zero-order valence-corrected chi connectivity index (χ0v) is 27.9. The van der Waals surface area contributed by atoms with Gasteiger partial charge in [-0.25, -0.2) is 14.6 Å². The first kappa shape index (κ1) is 34.6. The minimum Gasteiger partial charge on any atom is -0.477 e. The predicted molar refractivity (Wildman–Crippen MR) is 173 cm³/mol. The number of carboxylic acid groups (broad SMARTS) is 1. The number of carbonyl (C=O) groups is 4. The van der Waals surface area contributed by atoms with Crippen molar-refractivity contribution in [2.24, 2.45) is 5.16 Å². The maximum atomic E-state index is 13.4. The Morgan fingerprint density at radius 3 is 2.67 bits per heavy atom. The number of β-lactam (4-membered cyclic amide) rings is 1. The third-order valence-electron chi connectivity index (χ3n) is 7.33. The summed E-state index contributed by atoms with van der Waals surface area (Å²) in [7, 11) is 5.17. The largest absolute Gasteiger partial charge is 0.508 e. The number of nitrogen functional groups attached to an aromatic ring is 1. The summed E-state index contributed by atoms with van der Waals surface area (Å²) in [6.07, 6.45) is 4.37. The third-order valence-corrected chi connectivity index (χ3v) is 10.4. The van der Waals surface area contributed by atoms with Crippen LogP contribution in [-0.4, -0.2) is 112 Å². The molecule has 0 spiro atoms. The molecule has 1 saturated carbocycles. The molecule has 3 heterocycles. The Bertz CT molecular complexity index is 1360. The zero-order chi connectivity index (χ0) is 32.7. The summed E-state index contributed by atoms with van der Waals surface area (Å²) < 4.78 is 11.2. The van der Waals surface area contributed by atoms with Crippen LogP contribution in [-0.2, 0) is 28.7 Å².